The molecule has 22 heavy (non-hydrogen) atoms. The first kappa shape index (κ1) is 20.2. The zero-order valence-corrected chi connectivity index (χ0v) is 15.8. The van der Waals surface area contributed by atoms with Crippen LogP contribution in [0, 0.1) is 34.9 Å². The smallest absolute Gasteiger partial charge is 0.177 e. The monoisotopic (exact) mass is 302 g/mol. The summed E-state index contributed by atoms with van der Waals surface area (Å²) in [4.78, 5) is 9.58. The predicted molar refractivity (Wildman–Crippen MR) is 93.4 cm³/mol. The van der Waals surface area contributed by atoms with E-state index >= 15 is 0 Å². The third kappa shape index (κ3) is 7.28. The van der Waals surface area contributed by atoms with Crippen molar-refractivity contribution in [3.05, 3.63) is 22.3 Å². The van der Waals surface area contributed by atoms with E-state index < -0.39 is 0 Å². The second-order valence-corrected chi connectivity index (χ2v) is 7.62. The largest absolute Gasteiger partial charge is 0.224 e. The maximum absolute atomic E-state index is 4.79. The van der Waals surface area contributed by atoms with Crippen molar-refractivity contribution in [2.24, 2.45) is 10.8 Å². The number of hydrogen-bond acceptors (Lipinski definition) is 2. The molecule has 0 rings (SSSR count). The molecule has 0 spiro atoms. The summed E-state index contributed by atoms with van der Waals surface area (Å²) in [5.74, 6) is 5.85. The topological polar surface area (TPSA) is 18.5 Å². The SMILES string of the molecule is CC(C#COOC#CC(C)=C(C)C(C)(C)C)=C(C)C(C)(C)C. The Morgan fingerprint density at radius 2 is 0.864 bits per heavy atom. The van der Waals surface area contributed by atoms with Crippen LogP contribution in [0.15, 0.2) is 22.3 Å². The van der Waals surface area contributed by atoms with Crippen molar-refractivity contribution in [3.63, 3.8) is 0 Å². The average molecular weight is 302 g/mol. The van der Waals surface area contributed by atoms with Gasteiger partial charge in [0.25, 0.3) is 0 Å². The Balaban J connectivity index is 4.70. The minimum atomic E-state index is 0.103. The van der Waals surface area contributed by atoms with Crippen LogP contribution in [0.5, 0.6) is 0 Å². The Labute approximate surface area is 136 Å². The molecule has 2 heteroatoms. The molecule has 0 aromatic heterocycles. The molecular formula is C20H30O2. The number of rotatable bonds is 1. The molecule has 0 aromatic rings. The summed E-state index contributed by atoms with van der Waals surface area (Å²) < 4.78 is 0. The van der Waals surface area contributed by atoms with Crippen LogP contribution in [-0.2, 0) is 9.78 Å². The maximum atomic E-state index is 4.79. The predicted octanol–water partition coefficient (Wildman–Crippen LogP) is 5.62. The molecule has 0 N–H and O–H groups in total. The van der Waals surface area contributed by atoms with Gasteiger partial charge in [0, 0.05) is 11.1 Å². The van der Waals surface area contributed by atoms with Crippen molar-refractivity contribution in [2.75, 3.05) is 0 Å². The second-order valence-electron chi connectivity index (χ2n) is 7.62. The highest BCUT2D eigenvalue weighted by Crippen LogP contribution is 2.27. The van der Waals surface area contributed by atoms with Gasteiger partial charge >= 0.3 is 0 Å². The van der Waals surface area contributed by atoms with Gasteiger partial charge in [0.15, 0.2) is 12.2 Å². The van der Waals surface area contributed by atoms with E-state index in [0.717, 1.165) is 11.1 Å². The Morgan fingerprint density at radius 3 is 1.09 bits per heavy atom. The van der Waals surface area contributed by atoms with Gasteiger partial charge in [-0.25, -0.2) is 9.78 Å². The van der Waals surface area contributed by atoms with Crippen LogP contribution < -0.4 is 0 Å². The highest BCUT2D eigenvalue weighted by atomic mass is 17.2. The van der Waals surface area contributed by atoms with Gasteiger partial charge < -0.3 is 0 Å². The average Bonchev–Trinajstić information content (AvgIpc) is 2.38. The van der Waals surface area contributed by atoms with Crippen LogP contribution in [0.25, 0.3) is 0 Å². The quantitative estimate of drug-likeness (QED) is 0.271. The van der Waals surface area contributed by atoms with Crippen molar-refractivity contribution in [1.29, 1.82) is 0 Å². The summed E-state index contributed by atoms with van der Waals surface area (Å²) in [6.07, 6.45) is 5.05. The molecule has 0 atom stereocenters. The molecule has 0 saturated heterocycles. The van der Waals surface area contributed by atoms with E-state index in [1.165, 1.54) is 11.1 Å². The normalized spacial score (nSPS) is 13.7. The van der Waals surface area contributed by atoms with Gasteiger partial charge in [-0.15, -0.1) is 0 Å². The molecule has 0 aliphatic rings. The number of hydrogen-bond donors (Lipinski definition) is 0. The minimum absolute atomic E-state index is 0.103. The molecule has 122 valence electrons. The Hall–Kier alpha value is -1.80. The molecule has 0 heterocycles. The molecule has 0 unspecified atom stereocenters. The van der Waals surface area contributed by atoms with Gasteiger partial charge in [-0.2, -0.15) is 0 Å². The second kappa shape index (κ2) is 8.00. The summed E-state index contributed by atoms with van der Waals surface area (Å²) in [5, 5.41) is 0. The van der Waals surface area contributed by atoms with Crippen molar-refractivity contribution < 1.29 is 9.78 Å². The van der Waals surface area contributed by atoms with Gasteiger partial charge in [0.1, 0.15) is 0 Å². The zero-order valence-electron chi connectivity index (χ0n) is 15.8. The van der Waals surface area contributed by atoms with Gasteiger partial charge in [-0.05, 0) is 50.4 Å². The van der Waals surface area contributed by atoms with E-state index in [1.54, 1.807) is 0 Å². The van der Waals surface area contributed by atoms with Crippen LogP contribution in [0.4, 0.5) is 0 Å². The summed E-state index contributed by atoms with van der Waals surface area (Å²) in [7, 11) is 0. The lowest BCUT2D eigenvalue weighted by Crippen LogP contribution is -2.08. The van der Waals surface area contributed by atoms with Crippen LogP contribution in [0.1, 0.15) is 69.2 Å². The van der Waals surface area contributed by atoms with E-state index in [2.05, 4.69) is 79.4 Å². The van der Waals surface area contributed by atoms with Crippen LogP contribution in [-0.4, -0.2) is 0 Å². The van der Waals surface area contributed by atoms with E-state index in [9.17, 15) is 0 Å². The lowest BCUT2D eigenvalue weighted by Gasteiger charge is -2.20. The van der Waals surface area contributed by atoms with Crippen molar-refractivity contribution in [2.45, 2.75) is 69.2 Å². The summed E-state index contributed by atoms with van der Waals surface area (Å²) >= 11 is 0. The molecule has 0 bridgehead atoms. The summed E-state index contributed by atoms with van der Waals surface area (Å²) in [5.41, 5.74) is 4.65. The fourth-order valence-electron chi connectivity index (χ4n) is 1.55. The molecule has 0 aromatic carbocycles. The highest BCUT2D eigenvalue weighted by Gasteiger charge is 2.14. The zero-order chi connectivity index (χ0) is 17.6. The molecule has 0 aliphatic carbocycles. The molecule has 2 nitrogen and oxygen atoms in total. The van der Waals surface area contributed by atoms with E-state index in [-0.39, 0.29) is 10.8 Å². The van der Waals surface area contributed by atoms with Crippen molar-refractivity contribution in [1.82, 2.24) is 0 Å². The van der Waals surface area contributed by atoms with Crippen molar-refractivity contribution >= 4 is 0 Å². The third-order valence-electron chi connectivity index (χ3n) is 3.98. The first-order valence-corrected chi connectivity index (χ1v) is 7.57. The molecule has 0 radical (unpaired) electrons. The lowest BCUT2D eigenvalue weighted by atomic mass is 9.85. The first-order chi connectivity index (χ1) is 9.87. The van der Waals surface area contributed by atoms with Gasteiger partial charge in [-0.3, -0.25) is 0 Å². The highest BCUT2D eigenvalue weighted by molar-refractivity contribution is 5.33. The number of allylic oxidation sites excluding steroid dienone is 4. The standard InChI is InChI=1S/C20H30O2/c1-15(17(3)19(5,6)7)11-13-21-22-14-12-16(2)18(4)20(8,9)10/h1-10H3. The van der Waals surface area contributed by atoms with Gasteiger partial charge in [0.05, 0.1) is 0 Å². The van der Waals surface area contributed by atoms with Gasteiger partial charge in [0.2, 0.25) is 0 Å². The first-order valence-electron chi connectivity index (χ1n) is 7.57. The van der Waals surface area contributed by atoms with Gasteiger partial charge in [-0.1, -0.05) is 52.7 Å². The molecule has 0 aliphatic heterocycles. The van der Waals surface area contributed by atoms with Crippen molar-refractivity contribution in [3.8, 4) is 24.1 Å². The third-order valence-corrected chi connectivity index (χ3v) is 3.98. The van der Waals surface area contributed by atoms with Crippen LogP contribution in [0.2, 0.25) is 0 Å². The summed E-state index contributed by atoms with van der Waals surface area (Å²) in [6.45, 7) is 21.0. The maximum Gasteiger partial charge on any atom is 0.177 e. The minimum Gasteiger partial charge on any atom is -0.224 e. The molecular weight excluding hydrogens is 272 g/mol. The summed E-state index contributed by atoms with van der Waals surface area (Å²) in [6, 6.07) is 0. The molecule has 0 fully saturated rings. The van der Waals surface area contributed by atoms with E-state index in [4.69, 9.17) is 9.78 Å². The molecule has 0 amide bonds. The van der Waals surface area contributed by atoms with E-state index in [1.807, 2.05) is 13.8 Å². The van der Waals surface area contributed by atoms with Crippen LogP contribution in [0.3, 0.4) is 0 Å². The fraction of sp³-hybridized carbons (Fsp3) is 0.600. The Bertz CT molecular complexity index is 514. The van der Waals surface area contributed by atoms with E-state index in [0.29, 0.717) is 0 Å². The molecule has 0 saturated carbocycles. The van der Waals surface area contributed by atoms with Crippen LogP contribution >= 0.6 is 0 Å². The fourth-order valence-corrected chi connectivity index (χ4v) is 1.55. The lowest BCUT2D eigenvalue weighted by molar-refractivity contribution is -0.167. The Kier molecular flexibility index (Phi) is 7.34. The Morgan fingerprint density at radius 1 is 0.591 bits per heavy atom.